The number of carbonyl (C=O) groups excluding carboxylic acids is 1. The molecule has 0 amide bonds. The number of benzene rings is 1. The molecule has 0 fully saturated rings. The number of ketones is 1. The van der Waals surface area contributed by atoms with Crippen molar-refractivity contribution in [3.05, 3.63) is 33.9 Å². The molecule has 0 aliphatic rings. The summed E-state index contributed by atoms with van der Waals surface area (Å²) in [6, 6.07) is 1.74. The van der Waals surface area contributed by atoms with Crippen molar-refractivity contribution in [2.75, 3.05) is 0 Å². The molecule has 0 bridgehead atoms. The highest BCUT2D eigenvalue weighted by atomic mass is 19.3. The zero-order valence-corrected chi connectivity index (χ0v) is 10.6. The van der Waals surface area contributed by atoms with Gasteiger partial charge in [-0.25, -0.2) is 8.78 Å². The molecular weight excluding hydrogens is 248 g/mol. The van der Waals surface area contributed by atoms with Gasteiger partial charge in [0.05, 0.1) is 0 Å². The average molecular weight is 262 g/mol. The lowest BCUT2D eigenvalue weighted by Gasteiger charge is -2.19. The Kier molecular flexibility index (Phi) is 3.84. The van der Waals surface area contributed by atoms with Crippen molar-refractivity contribution >= 4 is 5.78 Å². The Balaban J connectivity index is 3.48. The highest BCUT2D eigenvalue weighted by Gasteiger charge is 2.49. The van der Waals surface area contributed by atoms with Crippen LogP contribution in [0.3, 0.4) is 0 Å². The second kappa shape index (κ2) is 4.71. The summed E-state index contributed by atoms with van der Waals surface area (Å²) in [5.41, 5.74) is 1.61. The van der Waals surface area contributed by atoms with E-state index in [0.717, 1.165) is 0 Å². The van der Waals surface area contributed by atoms with Gasteiger partial charge in [0, 0.05) is 5.56 Å². The number of Topliss-reactive ketones (excluding diaryl/α,β-unsaturated/α-hetero) is 1. The molecule has 0 saturated heterocycles. The predicted molar refractivity (Wildman–Crippen MR) is 60.7 cm³/mol. The molecule has 1 aromatic rings. The van der Waals surface area contributed by atoms with Gasteiger partial charge in [-0.1, -0.05) is 6.07 Å². The largest absolute Gasteiger partial charge is 0.368 e. The van der Waals surface area contributed by atoms with Crippen LogP contribution in [-0.2, 0) is 0 Å². The van der Waals surface area contributed by atoms with Crippen LogP contribution in [0.4, 0.5) is 17.6 Å². The minimum absolute atomic E-state index is 0.294. The predicted octanol–water partition coefficient (Wildman–Crippen LogP) is 4.00. The van der Waals surface area contributed by atoms with Gasteiger partial charge in [-0.2, -0.15) is 8.78 Å². The minimum Gasteiger partial charge on any atom is -0.287 e. The van der Waals surface area contributed by atoms with Gasteiger partial charge in [0.25, 0.3) is 0 Å². The number of alkyl halides is 4. The summed E-state index contributed by atoms with van der Waals surface area (Å²) in [6.45, 7) is 6.27. The Morgan fingerprint density at radius 1 is 1.06 bits per heavy atom. The summed E-state index contributed by atoms with van der Waals surface area (Å²) in [7, 11) is 0. The van der Waals surface area contributed by atoms with Gasteiger partial charge >= 0.3 is 12.3 Å². The third-order valence-electron chi connectivity index (χ3n) is 3.17. The molecule has 0 spiro atoms. The quantitative estimate of drug-likeness (QED) is 0.594. The monoisotopic (exact) mass is 262 g/mol. The molecule has 0 aliphatic heterocycles. The Morgan fingerprint density at radius 2 is 1.44 bits per heavy atom. The summed E-state index contributed by atoms with van der Waals surface area (Å²) in [5, 5.41) is 0. The topological polar surface area (TPSA) is 17.1 Å². The lowest BCUT2D eigenvalue weighted by Crippen LogP contribution is -2.37. The molecule has 5 heteroatoms. The summed E-state index contributed by atoms with van der Waals surface area (Å²) in [5.74, 6) is -6.45. The normalized spacial score (nSPS) is 12.1. The first-order valence-corrected chi connectivity index (χ1v) is 5.38. The molecule has 1 rings (SSSR count). The van der Waals surface area contributed by atoms with Gasteiger partial charge in [-0.05, 0) is 49.9 Å². The number of hydrogen-bond donors (Lipinski definition) is 0. The number of hydrogen-bond acceptors (Lipinski definition) is 1. The van der Waals surface area contributed by atoms with Gasteiger partial charge in [-0.3, -0.25) is 4.79 Å². The summed E-state index contributed by atoms with van der Waals surface area (Å²) in [4.78, 5) is 11.6. The summed E-state index contributed by atoms with van der Waals surface area (Å²) < 4.78 is 50.8. The van der Waals surface area contributed by atoms with Crippen LogP contribution in [0.5, 0.6) is 0 Å². The first-order valence-electron chi connectivity index (χ1n) is 5.38. The van der Waals surface area contributed by atoms with E-state index >= 15 is 0 Å². The van der Waals surface area contributed by atoms with E-state index in [-0.39, 0.29) is 5.56 Å². The molecule has 0 heterocycles. The fourth-order valence-corrected chi connectivity index (χ4v) is 1.82. The second-order valence-corrected chi connectivity index (χ2v) is 4.39. The lowest BCUT2D eigenvalue weighted by atomic mass is 9.90. The van der Waals surface area contributed by atoms with Crippen LogP contribution >= 0.6 is 0 Å². The van der Waals surface area contributed by atoms with E-state index in [1.165, 1.54) is 13.8 Å². The SMILES string of the molecule is Cc1cc(C)c(C)c(C(=O)C(F)(F)C(F)F)c1C. The van der Waals surface area contributed by atoms with E-state index in [4.69, 9.17) is 0 Å². The summed E-state index contributed by atoms with van der Waals surface area (Å²) >= 11 is 0. The lowest BCUT2D eigenvalue weighted by molar-refractivity contribution is -0.0958. The molecule has 1 aromatic carbocycles. The second-order valence-electron chi connectivity index (χ2n) is 4.39. The van der Waals surface area contributed by atoms with Crippen molar-refractivity contribution in [3.8, 4) is 0 Å². The molecule has 0 unspecified atom stereocenters. The van der Waals surface area contributed by atoms with Crippen LogP contribution in [0, 0.1) is 27.7 Å². The molecule has 1 nitrogen and oxygen atoms in total. The molecule has 100 valence electrons. The van der Waals surface area contributed by atoms with Crippen molar-refractivity contribution in [3.63, 3.8) is 0 Å². The minimum atomic E-state index is -4.64. The maximum absolute atomic E-state index is 13.1. The standard InChI is InChI=1S/C13H14F4O/c1-6-5-7(2)9(4)10(8(6)3)11(18)13(16,17)12(14)15/h5,12H,1-4H3. The molecule has 0 aliphatic carbocycles. The fraction of sp³-hybridized carbons (Fsp3) is 0.462. The van der Waals surface area contributed by atoms with Crippen molar-refractivity contribution in [2.45, 2.75) is 40.0 Å². The first kappa shape index (κ1) is 14.7. The van der Waals surface area contributed by atoms with E-state index in [9.17, 15) is 22.4 Å². The zero-order valence-electron chi connectivity index (χ0n) is 10.6. The van der Waals surface area contributed by atoms with Crippen LogP contribution in [-0.4, -0.2) is 18.1 Å². The van der Waals surface area contributed by atoms with Gasteiger partial charge in [-0.15, -0.1) is 0 Å². The fourth-order valence-electron chi connectivity index (χ4n) is 1.82. The maximum Gasteiger partial charge on any atom is 0.368 e. The Hall–Kier alpha value is -1.39. The Morgan fingerprint density at radius 3 is 1.78 bits per heavy atom. The first-order chi connectivity index (χ1) is 8.10. The van der Waals surface area contributed by atoms with Crippen LogP contribution < -0.4 is 0 Å². The van der Waals surface area contributed by atoms with E-state index in [1.807, 2.05) is 0 Å². The van der Waals surface area contributed by atoms with Gasteiger partial charge in [0.1, 0.15) is 0 Å². The van der Waals surface area contributed by atoms with Crippen LogP contribution in [0.2, 0.25) is 0 Å². The third kappa shape index (κ3) is 2.26. The molecular formula is C13H14F4O. The Bertz CT molecular complexity index is 466. The number of halogens is 4. The zero-order chi connectivity index (χ0) is 14.2. The molecule has 0 radical (unpaired) electrons. The van der Waals surface area contributed by atoms with Gasteiger partial charge in [0.15, 0.2) is 0 Å². The number of carbonyl (C=O) groups is 1. The molecule has 0 atom stereocenters. The van der Waals surface area contributed by atoms with E-state index in [1.54, 1.807) is 19.9 Å². The van der Waals surface area contributed by atoms with Crippen molar-refractivity contribution in [2.24, 2.45) is 0 Å². The maximum atomic E-state index is 13.1. The van der Waals surface area contributed by atoms with E-state index in [2.05, 4.69) is 0 Å². The molecule has 18 heavy (non-hydrogen) atoms. The van der Waals surface area contributed by atoms with Gasteiger partial charge in [0.2, 0.25) is 5.78 Å². The average Bonchev–Trinajstić information content (AvgIpc) is 2.26. The highest BCUT2D eigenvalue weighted by molar-refractivity contribution is 6.04. The van der Waals surface area contributed by atoms with Crippen LogP contribution in [0.25, 0.3) is 0 Å². The highest BCUT2D eigenvalue weighted by Crippen LogP contribution is 2.32. The third-order valence-corrected chi connectivity index (χ3v) is 3.17. The molecule has 0 N–H and O–H groups in total. The summed E-state index contributed by atoms with van der Waals surface area (Å²) in [6.07, 6.45) is -4.00. The molecule has 0 aromatic heterocycles. The van der Waals surface area contributed by atoms with Crippen molar-refractivity contribution < 1.29 is 22.4 Å². The number of aryl methyl sites for hydroxylation is 2. The Labute approximate surface area is 103 Å². The van der Waals surface area contributed by atoms with Crippen molar-refractivity contribution in [1.82, 2.24) is 0 Å². The van der Waals surface area contributed by atoms with Crippen LogP contribution in [0.15, 0.2) is 6.07 Å². The number of rotatable bonds is 3. The van der Waals surface area contributed by atoms with E-state index < -0.39 is 18.1 Å². The smallest absolute Gasteiger partial charge is 0.287 e. The van der Waals surface area contributed by atoms with Crippen LogP contribution in [0.1, 0.15) is 32.6 Å². The molecule has 0 saturated carbocycles. The van der Waals surface area contributed by atoms with E-state index in [0.29, 0.717) is 22.3 Å². The van der Waals surface area contributed by atoms with Crippen molar-refractivity contribution in [1.29, 1.82) is 0 Å². The van der Waals surface area contributed by atoms with Gasteiger partial charge < -0.3 is 0 Å².